The number of carbonyl (C=O) groups is 2. The summed E-state index contributed by atoms with van der Waals surface area (Å²) in [5.41, 5.74) is 1.68. The largest absolute Gasteiger partial charge is 0.352 e. The number of benzene rings is 1. The Balaban J connectivity index is 0.00000218. The highest BCUT2D eigenvalue weighted by molar-refractivity contribution is 5.94. The Morgan fingerprint density at radius 1 is 1.07 bits per heavy atom. The molecule has 0 aromatic heterocycles. The third-order valence-electron chi connectivity index (χ3n) is 8.08. The van der Waals surface area contributed by atoms with E-state index in [1.54, 1.807) is 0 Å². The Morgan fingerprint density at radius 2 is 1.67 bits per heavy atom. The van der Waals surface area contributed by atoms with Gasteiger partial charge in [0, 0.05) is 37.2 Å². The Bertz CT molecular complexity index is 753. The zero-order valence-electron chi connectivity index (χ0n) is 17.9. The maximum Gasteiger partial charge on any atom is 0.253 e. The summed E-state index contributed by atoms with van der Waals surface area (Å²) >= 11 is 0. The Hall–Kier alpha value is -1.59. The third-order valence-corrected chi connectivity index (χ3v) is 8.08. The van der Waals surface area contributed by atoms with Crippen molar-refractivity contribution < 1.29 is 9.59 Å². The van der Waals surface area contributed by atoms with E-state index in [1.807, 2.05) is 36.2 Å². The van der Waals surface area contributed by atoms with E-state index in [0.717, 1.165) is 67.7 Å². The maximum atomic E-state index is 13.1. The fourth-order valence-electron chi connectivity index (χ4n) is 6.86. The number of likely N-dealkylation sites (N-methyl/N-ethyl adjacent to an activating group) is 1. The van der Waals surface area contributed by atoms with Crippen LogP contribution >= 0.6 is 12.4 Å². The van der Waals surface area contributed by atoms with Crippen molar-refractivity contribution in [1.82, 2.24) is 15.5 Å². The van der Waals surface area contributed by atoms with Crippen molar-refractivity contribution in [3.05, 3.63) is 35.4 Å². The van der Waals surface area contributed by atoms with Gasteiger partial charge in [0.2, 0.25) is 5.91 Å². The Morgan fingerprint density at radius 3 is 2.20 bits per heavy atom. The third kappa shape index (κ3) is 3.99. The van der Waals surface area contributed by atoms with Gasteiger partial charge < -0.3 is 15.5 Å². The van der Waals surface area contributed by atoms with Gasteiger partial charge in [-0.1, -0.05) is 12.1 Å². The standard InChI is InChI=1S/C24H33N3O2.ClH/c1-27(21-6-7-25-15-21)22(28)20-4-2-16(3-5-20)14-26-23(29)24-11-17-8-18(12-24)10-19(9-17)13-24;/h2-5,17-19,21,25H,6-15H2,1H3,(H,26,29);1H. The van der Waals surface area contributed by atoms with E-state index in [1.165, 1.54) is 19.3 Å². The van der Waals surface area contributed by atoms with Crippen LogP contribution in [0.25, 0.3) is 0 Å². The van der Waals surface area contributed by atoms with E-state index in [0.29, 0.717) is 6.54 Å². The predicted octanol–water partition coefficient (Wildman–Crippen LogP) is 3.37. The molecule has 1 aromatic rings. The minimum atomic E-state index is -0.0946. The molecule has 6 rings (SSSR count). The lowest BCUT2D eigenvalue weighted by atomic mass is 9.49. The van der Waals surface area contributed by atoms with Crippen LogP contribution in [0.15, 0.2) is 24.3 Å². The topological polar surface area (TPSA) is 61.4 Å². The summed E-state index contributed by atoms with van der Waals surface area (Å²) in [7, 11) is 1.89. The second-order valence-electron chi connectivity index (χ2n) is 10.1. The molecule has 5 fully saturated rings. The molecule has 2 amide bonds. The SMILES string of the molecule is CN(C(=O)c1ccc(CNC(=O)C23CC4CC(CC(C4)C2)C3)cc1)C1CCNC1.Cl. The fourth-order valence-corrected chi connectivity index (χ4v) is 6.86. The van der Waals surface area contributed by atoms with E-state index >= 15 is 0 Å². The van der Waals surface area contributed by atoms with Crippen LogP contribution in [-0.2, 0) is 11.3 Å². The molecule has 5 aliphatic rings. The molecular weight excluding hydrogens is 398 g/mol. The van der Waals surface area contributed by atoms with E-state index in [2.05, 4.69) is 10.6 Å². The number of carbonyl (C=O) groups excluding carboxylic acids is 2. The number of amides is 2. The minimum absolute atomic E-state index is 0. The van der Waals surface area contributed by atoms with Crippen molar-refractivity contribution in [2.75, 3.05) is 20.1 Å². The van der Waals surface area contributed by atoms with Gasteiger partial charge in [0.1, 0.15) is 0 Å². The van der Waals surface area contributed by atoms with Crippen molar-refractivity contribution in [3.8, 4) is 0 Å². The first-order valence-electron chi connectivity index (χ1n) is 11.4. The number of nitrogens with zero attached hydrogens (tertiary/aromatic N) is 1. The summed E-state index contributed by atoms with van der Waals surface area (Å²) in [5.74, 6) is 2.69. The number of nitrogens with one attached hydrogen (secondary N) is 2. The number of halogens is 1. The zero-order chi connectivity index (χ0) is 20.0. The predicted molar refractivity (Wildman–Crippen MR) is 120 cm³/mol. The van der Waals surface area contributed by atoms with Crippen LogP contribution in [-0.4, -0.2) is 42.9 Å². The van der Waals surface area contributed by atoms with Crippen molar-refractivity contribution in [3.63, 3.8) is 0 Å². The van der Waals surface area contributed by atoms with Crippen LogP contribution in [0.2, 0.25) is 0 Å². The molecule has 6 heteroatoms. The van der Waals surface area contributed by atoms with Gasteiger partial charge >= 0.3 is 0 Å². The first-order valence-corrected chi connectivity index (χ1v) is 11.4. The summed E-state index contributed by atoms with van der Waals surface area (Å²) in [6, 6.07) is 8.03. The van der Waals surface area contributed by atoms with Crippen LogP contribution in [0.4, 0.5) is 0 Å². The molecule has 1 aromatic carbocycles. The molecule has 1 unspecified atom stereocenters. The molecule has 4 aliphatic carbocycles. The molecule has 2 N–H and O–H groups in total. The second kappa shape index (κ2) is 8.51. The van der Waals surface area contributed by atoms with Gasteiger partial charge in [0.25, 0.3) is 5.91 Å². The van der Waals surface area contributed by atoms with Gasteiger partial charge in [-0.3, -0.25) is 9.59 Å². The van der Waals surface area contributed by atoms with Gasteiger partial charge in [0.05, 0.1) is 0 Å². The molecule has 1 atom stereocenters. The van der Waals surface area contributed by atoms with Crippen molar-refractivity contribution >= 4 is 24.2 Å². The minimum Gasteiger partial charge on any atom is -0.352 e. The molecule has 1 saturated heterocycles. The zero-order valence-corrected chi connectivity index (χ0v) is 18.7. The monoisotopic (exact) mass is 431 g/mol. The highest BCUT2D eigenvalue weighted by atomic mass is 35.5. The summed E-state index contributed by atoms with van der Waals surface area (Å²) in [4.78, 5) is 27.7. The average Bonchev–Trinajstić information content (AvgIpc) is 3.25. The molecule has 5 nitrogen and oxygen atoms in total. The van der Waals surface area contributed by atoms with Crippen LogP contribution in [0.3, 0.4) is 0 Å². The summed E-state index contributed by atoms with van der Waals surface area (Å²) in [5, 5.41) is 6.54. The van der Waals surface area contributed by atoms with Crippen LogP contribution in [0.1, 0.15) is 60.9 Å². The number of rotatable bonds is 5. The van der Waals surface area contributed by atoms with Crippen LogP contribution in [0.5, 0.6) is 0 Å². The second-order valence-corrected chi connectivity index (χ2v) is 10.1. The first kappa shape index (κ1) is 21.6. The normalized spacial score (nSPS) is 33.8. The molecule has 1 heterocycles. The van der Waals surface area contributed by atoms with Crippen molar-refractivity contribution in [1.29, 1.82) is 0 Å². The lowest BCUT2D eigenvalue weighted by molar-refractivity contribution is -0.146. The highest BCUT2D eigenvalue weighted by Crippen LogP contribution is 2.60. The van der Waals surface area contributed by atoms with E-state index < -0.39 is 0 Å². The number of hydrogen-bond acceptors (Lipinski definition) is 3. The van der Waals surface area contributed by atoms with Crippen molar-refractivity contribution in [2.45, 2.75) is 57.5 Å². The molecule has 4 bridgehead atoms. The van der Waals surface area contributed by atoms with Gasteiger partial charge in [-0.15, -0.1) is 12.4 Å². The van der Waals surface area contributed by atoms with Gasteiger partial charge in [0.15, 0.2) is 0 Å². The van der Waals surface area contributed by atoms with E-state index in [-0.39, 0.29) is 35.7 Å². The summed E-state index contributed by atoms with van der Waals surface area (Å²) in [6.45, 7) is 2.40. The summed E-state index contributed by atoms with van der Waals surface area (Å²) < 4.78 is 0. The van der Waals surface area contributed by atoms with E-state index in [4.69, 9.17) is 0 Å². The Labute approximate surface area is 185 Å². The smallest absolute Gasteiger partial charge is 0.253 e. The Kier molecular flexibility index (Phi) is 6.13. The molecular formula is C24H34ClN3O2. The van der Waals surface area contributed by atoms with Gasteiger partial charge in [-0.25, -0.2) is 0 Å². The first-order chi connectivity index (χ1) is 14.0. The molecule has 30 heavy (non-hydrogen) atoms. The maximum absolute atomic E-state index is 13.1. The molecule has 164 valence electrons. The van der Waals surface area contributed by atoms with Crippen LogP contribution < -0.4 is 10.6 Å². The van der Waals surface area contributed by atoms with E-state index in [9.17, 15) is 9.59 Å². The average molecular weight is 432 g/mol. The molecule has 0 radical (unpaired) electrons. The molecule has 4 saturated carbocycles. The lowest BCUT2D eigenvalue weighted by Gasteiger charge is -2.55. The van der Waals surface area contributed by atoms with Crippen molar-refractivity contribution in [2.24, 2.45) is 23.2 Å². The van der Waals surface area contributed by atoms with Crippen LogP contribution in [0, 0.1) is 23.2 Å². The lowest BCUT2D eigenvalue weighted by Crippen LogP contribution is -2.53. The van der Waals surface area contributed by atoms with Gasteiger partial charge in [-0.05, 0) is 86.9 Å². The fraction of sp³-hybridized carbons (Fsp3) is 0.667. The quantitative estimate of drug-likeness (QED) is 0.751. The summed E-state index contributed by atoms with van der Waals surface area (Å²) in [6.07, 6.45) is 8.37. The number of hydrogen-bond donors (Lipinski definition) is 2. The van der Waals surface area contributed by atoms with Gasteiger partial charge in [-0.2, -0.15) is 0 Å². The molecule has 0 spiro atoms. The molecule has 1 aliphatic heterocycles. The highest BCUT2D eigenvalue weighted by Gasteiger charge is 2.54.